The van der Waals surface area contributed by atoms with E-state index >= 15 is 0 Å². The first kappa shape index (κ1) is 30.6. The number of rotatable bonds is 7. The molecule has 9 aromatic rings. The minimum absolute atomic E-state index is 0.704. The molecule has 0 aliphatic carbocycles. The van der Waals surface area contributed by atoms with E-state index in [4.69, 9.17) is 9.97 Å². The van der Waals surface area contributed by atoms with Crippen LogP contribution < -0.4 is 0 Å². The van der Waals surface area contributed by atoms with Crippen LogP contribution in [0.3, 0.4) is 0 Å². The second-order valence-corrected chi connectivity index (χ2v) is 13.7. The number of hydrogen-bond acceptors (Lipinski definition) is 3. The minimum Gasteiger partial charge on any atom is -0.227 e. The Morgan fingerprint density at radius 3 is 2.04 bits per heavy atom. The zero-order chi connectivity index (χ0) is 34.3. The lowest BCUT2D eigenvalue weighted by Crippen LogP contribution is -1.95. The van der Waals surface area contributed by atoms with E-state index in [1.165, 1.54) is 37.2 Å². The van der Waals surface area contributed by atoms with Gasteiger partial charge in [0.25, 0.3) is 0 Å². The predicted octanol–water partition coefficient (Wildman–Crippen LogP) is 13.6. The van der Waals surface area contributed by atoms with Crippen molar-refractivity contribution in [1.82, 2.24) is 9.97 Å². The first-order valence-corrected chi connectivity index (χ1v) is 17.9. The summed E-state index contributed by atoms with van der Waals surface area (Å²) in [7, 11) is 0. The number of aromatic nitrogens is 2. The van der Waals surface area contributed by atoms with E-state index in [0.29, 0.717) is 5.82 Å². The Hall–Kier alpha value is -6.42. The summed E-state index contributed by atoms with van der Waals surface area (Å²) >= 11 is 1.72. The third-order valence-corrected chi connectivity index (χ3v) is 10.7. The highest BCUT2D eigenvalue weighted by atomic mass is 32.1. The average molecular weight is 669 g/mol. The number of allylic oxidation sites excluding steroid dienone is 4. The summed E-state index contributed by atoms with van der Waals surface area (Å²) in [5.41, 5.74) is 9.57. The van der Waals surface area contributed by atoms with Gasteiger partial charge in [0.15, 0.2) is 5.82 Å². The van der Waals surface area contributed by atoms with E-state index in [-0.39, 0.29) is 0 Å². The monoisotopic (exact) mass is 668 g/mol. The first-order valence-electron chi connectivity index (χ1n) is 17.1. The molecule has 0 bridgehead atoms. The lowest BCUT2D eigenvalue weighted by atomic mass is 9.90. The van der Waals surface area contributed by atoms with Crippen LogP contribution in [0.5, 0.6) is 0 Å². The van der Waals surface area contributed by atoms with Crippen molar-refractivity contribution in [2.75, 3.05) is 0 Å². The molecule has 7 aromatic carbocycles. The number of fused-ring (bicyclic) bond motifs is 6. The van der Waals surface area contributed by atoms with Gasteiger partial charge >= 0.3 is 0 Å². The smallest absolute Gasteiger partial charge is 0.161 e. The Kier molecular flexibility index (Phi) is 7.68. The molecule has 0 aliphatic rings. The summed E-state index contributed by atoms with van der Waals surface area (Å²) in [6, 6.07) is 54.1. The summed E-state index contributed by atoms with van der Waals surface area (Å²) in [6.07, 6.45) is 5.68. The van der Waals surface area contributed by atoms with Crippen molar-refractivity contribution in [3.05, 3.63) is 189 Å². The zero-order valence-corrected chi connectivity index (χ0v) is 28.7. The van der Waals surface area contributed by atoms with Gasteiger partial charge in [-0.3, -0.25) is 0 Å². The molecule has 240 valence electrons. The van der Waals surface area contributed by atoms with Crippen LogP contribution in [0, 0.1) is 0 Å². The minimum atomic E-state index is 0.704. The SMILES string of the molecule is C=C/C=C(\C=C)c1cccc(-c2cc(-c3nc(-c4ccccc4)c4c(n3)sc3ccccc34)cc(-c3cc4ccccc4c4ccccc34)c2)c1. The van der Waals surface area contributed by atoms with Gasteiger partial charge in [-0.15, -0.1) is 11.3 Å². The maximum atomic E-state index is 5.39. The van der Waals surface area contributed by atoms with Gasteiger partial charge in [0.2, 0.25) is 0 Å². The van der Waals surface area contributed by atoms with Crippen LogP contribution >= 0.6 is 11.3 Å². The van der Waals surface area contributed by atoms with Gasteiger partial charge in [-0.25, -0.2) is 9.97 Å². The summed E-state index contributed by atoms with van der Waals surface area (Å²) in [6.45, 7) is 7.98. The van der Waals surface area contributed by atoms with Gasteiger partial charge in [-0.05, 0) is 91.3 Å². The maximum Gasteiger partial charge on any atom is 0.161 e. The molecule has 2 aromatic heterocycles. The quantitative estimate of drug-likeness (QED) is 0.125. The molecule has 0 fully saturated rings. The van der Waals surface area contributed by atoms with E-state index in [1.807, 2.05) is 18.2 Å². The Bertz CT molecular complexity index is 2840. The van der Waals surface area contributed by atoms with Crippen molar-refractivity contribution in [1.29, 1.82) is 0 Å². The molecule has 2 heterocycles. The Morgan fingerprint density at radius 1 is 0.529 bits per heavy atom. The molecule has 0 saturated heterocycles. The van der Waals surface area contributed by atoms with Crippen molar-refractivity contribution in [2.45, 2.75) is 0 Å². The van der Waals surface area contributed by atoms with Crippen LogP contribution in [0.15, 0.2) is 183 Å². The van der Waals surface area contributed by atoms with Gasteiger partial charge in [0, 0.05) is 26.6 Å². The van der Waals surface area contributed by atoms with Crippen molar-refractivity contribution < 1.29 is 0 Å². The lowest BCUT2D eigenvalue weighted by Gasteiger charge is -2.15. The highest BCUT2D eigenvalue weighted by Crippen LogP contribution is 2.42. The largest absolute Gasteiger partial charge is 0.227 e. The average Bonchev–Trinajstić information content (AvgIpc) is 3.58. The van der Waals surface area contributed by atoms with Crippen molar-refractivity contribution in [2.24, 2.45) is 0 Å². The molecule has 2 nitrogen and oxygen atoms in total. The third kappa shape index (κ3) is 5.45. The molecule has 3 heteroatoms. The van der Waals surface area contributed by atoms with E-state index in [1.54, 1.807) is 17.4 Å². The van der Waals surface area contributed by atoms with E-state index in [2.05, 4.69) is 159 Å². The molecule has 0 atom stereocenters. The van der Waals surface area contributed by atoms with Crippen LogP contribution in [0.25, 0.3) is 92.3 Å². The Balaban J connectivity index is 1.34. The van der Waals surface area contributed by atoms with Gasteiger partial charge < -0.3 is 0 Å². The topological polar surface area (TPSA) is 25.8 Å². The number of benzene rings is 7. The molecular formula is C48H32N2S. The van der Waals surface area contributed by atoms with Crippen molar-refractivity contribution in [3.8, 4) is 44.9 Å². The van der Waals surface area contributed by atoms with E-state index in [0.717, 1.165) is 54.9 Å². The standard InChI is InChI=1S/C48H32N2S/c1-3-15-31(4-2)33-19-14-20-34(26-33)36-27-37(43-30-35-18-8-9-21-39(35)40-22-10-11-23-41(40)43)29-38(28-36)47-49-46(32-16-6-5-7-17-32)45-42-24-12-13-25-44(42)51-48(45)50-47/h3-30H,1-2H2/b31-15+. The molecular weight excluding hydrogens is 637 g/mol. The summed E-state index contributed by atoms with van der Waals surface area (Å²) in [5.74, 6) is 0.704. The third-order valence-electron chi connectivity index (χ3n) is 9.60. The van der Waals surface area contributed by atoms with Crippen LogP contribution in [0.1, 0.15) is 5.56 Å². The molecule has 0 spiro atoms. The van der Waals surface area contributed by atoms with Crippen molar-refractivity contribution in [3.63, 3.8) is 0 Å². The second kappa shape index (κ2) is 12.8. The summed E-state index contributed by atoms with van der Waals surface area (Å²) < 4.78 is 1.20. The van der Waals surface area contributed by atoms with Crippen LogP contribution in [-0.4, -0.2) is 9.97 Å². The van der Waals surface area contributed by atoms with Gasteiger partial charge in [-0.1, -0.05) is 147 Å². The van der Waals surface area contributed by atoms with Gasteiger partial charge in [0.1, 0.15) is 4.83 Å². The maximum absolute atomic E-state index is 5.39. The fourth-order valence-electron chi connectivity index (χ4n) is 7.22. The molecule has 0 radical (unpaired) electrons. The van der Waals surface area contributed by atoms with Gasteiger partial charge in [-0.2, -0.15) is 0 Å². The molecule has 0 unspecified atom stereocenters. The second-order valence-electron chi connectivity index (χ2n) is 12.7. The molecule has 0 aliphatic heterocycles. The number of hydrogen-bond donors (Lipinski definition) is 0. The Labute approximate surface area is 301 Å². The molecule has 0 saturated carbocycles. The van der Waals surface area contributed by atoms with Crippen LogP contribution in [0.2, 0.25) is 0 Å². The van der Waals surface area contributed by atoms with Crippen molar-refractivity contribution >= 4 is 58.8 Å². The zero-order valence-electron chi connectivity index (χ0n) is 27.9. The first-order chi connectivity index (χ1) is 25.2. The molecule has 0 amide bonds. The van der Waals surface area contributed by atoms with Crippen LogP contribution in [0.4, 0.5) is 0 Å². The molecule has 0 N–H and O–H groups in total. The molecule has 9 rings (SSSR count). The fourth-order valence-corrected chi connectivity index (χ4v) is 8.29. The number of nitrogens with zero attached hydrogens (tertiary/aromatic N) is 2. The highest BCUT2D eigenvalue weighted by Gasteiger charge is 2.19. The highest BCUT2D eigenvalue weighted by molar-refractivity contribution is 7.25. The van der Waals surface area contributed by atoms with Gasteiger partial charge in [0.05, 0.1) is 5.69 Å². The van der Waals surface area contributed by atoms with Crippen LogP contribution in [-0.2, 0) is 0 Å². The summed E-state index contributed by atoms with van der Waals surface area (Å²) in [4.78, 5) is 11.7. The van der Waals surface area contributed by atoms with E-state index < -0.39 is 0 Å². The summed E-state index contributed by atoms with van der Waals surface area (Å²) in [5, 5.41) is 7.18. The number of thiophene rings is 1. The normalized spacial score (nSPS) is 11.8. The Morgan fingerprint density at radius 2 is 1.22 bits per heavy atom. The predicted molar refractivity (Wildman–Crippen MR) is 220 cm³/mol. The lowest BCUT2D eigenvalue weighted by molar-refractivity contribution is 1.24. The van der Waals surface area contributed by atoms with E-state index in [9.17, 15) is 0 Å². The fraction of sp³-hybridized carbons (Fsp3) is 0. The molecule has 51 heavy (non-hydrogen) atoms.